The van der Waals surface area contributed by atoms with E-state index in [1.165, 1.54) is 0 Å². The van der Waals surface area contributed by atoms with Crippen LogP contribution in [-0.2, 0) is 9.47 Å². The van der Waals surface area contributed by atoms with Gasteiger partial charge in [0, 0.05) is 0 Å². The van der Waals surface area contributed by atoms with Crippen molar-refractivity contribution in [3.8, 4) is 12.0 Å². The van der Waals surface area contributed by atoms with E-state index in [4.69, 9.17) is 9.47 Å². The largest absolute Gasteiger partial charge is 0.441 e. The molecule has 4 heteroatoms. The molecule has 0 aliphatic carbocycles. The van der Waals surface area contributed by atoms with Gasteiger partial charge in [0.05, 0.1) is 19.3 Å². The van der Waals surface area contributed by atoms with E-state index in [0.717, 1.165) is 63.9 Å². The van der Waals surface area contributed by atoms with E-state index >= 15 is 0 Å². The number of nitrogens with zero attached hydrogens (tertiary/aromatic N) is 2. The quantitative estimate of drug-likeness (QED) is 0.550. The fraction of sp³-hybridized carbons (Fsp3) is 0.714. The average molecular weight is 250 g/mol. The molecule has 0 N–H and O–H groups in total. The maximum Gasteiger partial charge on any atom is 0.351 e. The Bertz CT molecular complexity index is 427. The lowest BCUT2D eigenvalue weighted by Gasteiger charge is -1.94. The Balaban J connectivity index is 1.86. The molecule has 0 aromatic carbocycles. The maximum absolute atomic E-state index is 5.54. The minimum Gasteiger partial charge on any atom is -0.441 e. The molecule has 2 heterocycles. The molecule has 0 atom stereocenters. The van der Waals surface area contributed by atoms with Gasteiger partial charge in [-0.05, 0) is 5.92 Å². The van der Waals surface area contributed by atoms with Gasteiger partial charge in [-0.15, -0.1) is 4.58 Å². The highest BCUT2D eigenvalue weighted by Crippen LogP contribution is 2.00. The summed E-state index contributed by atoms with van der Waals surface area (Å²) in [5.74, 6) is 5.35. The lowest BCUT2D eigenvalue weighted by atomic mass is 10.4. The molecule has 4 nitrogen and oxygen atoms in total. The molecule has 0 spiro atoms. The summed E-state index contributed by atoms with van der Waals surface area (Å²) in [6.07, 6.45) is 2.77. The Labute approximate surface area is 109 Å². The summed E-state index contributed by atoms with van der Waals surface area (Å²) in [4.78, 5) is 0. The van der Waals surface area contributed by atoms with Gasteiger partial charge >= 0.3 is 11.8 Å². The molecule has 0 saturated heterocycles. The standard InChI is InChI=1S/C14H22N2O2/c1-3-13-15(9-11-17-13)7-5-6-8-16-10-12-18-14(16)4-2/h3-5,7,9-12H2,1-2H3/q+2. The summed E-state index contributed by atoms with van der Waals surface area (Å²) in [6, 6.07) is 3.18. The van der Waals surface area contributed by atoms with E-state index < -0.39 is 0 Å². The highest BCUT2D eigenvalue weighted by atomic mass is 16.5. The predicted octanol–water partition coefficient (Wildman–Crippen LogP) is 1.04. The number of hydrogen-bond donors (Lipinski definition) is 0. The second kappa shape index (κ2) is 6.44. The van der Waals surface area contributed by atoms with Crippen LogP contribution in [-0.4, -0.2) is 53.8 Å². The van der Waals surface area contributed by atoms with Gasteiger partial charge in [-0.25, -0.2) is 0 Å². The van der Waals surface area contributed by atoms with Crippen LogP contribution in [0.5, 0.6) is 0 Å². The molecular weight excluding hydrogens is 228 g/mol. The van der Waals surface area contributed by atoms with Gasteiger partial charge in [-0.3, -0.25) is 0 Å². The Kier molecular flexibility index (Phi) is 4.63. The third-order valence-electron chi connectivity index (χ3n) is 3.19. The van der Waals surface area contributed by atoms with Crippen LogP contribution in [0.3, 0.4) is 0 Å². The molecule has 98 valence electrons. The summed E-state index contributed by atoms with van der Waals surface area (Å²) < 4.78 is 15.3. The fourth-order valence-electron chi connectivity index (χ4n) is 2.26. The second-order valence-corrected chi connectivity index (χ2v) is 4.37. The highest BCUT2D eigenvalue weighted by Gasteiger charge is 2.22. The highest BCUT2D eigenvalue weighted by molar-refractivity contribution is 5.71. The lowest BCUT2D eigenvalue weighted by Crippen LogP contribution is -2.16. The molecular formula is C14H22N2O2+2. The first kappa shape index (κ1) is 12.9. The Hall–Kier alpha value is -1.50. The molecule has 0 aromatic heterocycles. The third kappa shape index (κ3) is 3.04. The summed E-state index contributed by atoms with van der Waals surface area (Å²) in [5, 5.41) is 0. The molecule has 0 bridgehead atoms. The van der Waals surface area contributed by atoms with Crippen LogP contribution in [0.1, 0.15) is 33.1 Å². The van der Waals surface area contributed by atoms with Gasteiger partial charge in [0.15, 0.2) is 32.8 Å². The maximum atomic E-state index is 5.54. The molecule has 2 rings (SSSR count). The van der Waals surface area contributed by atoms with Crippen molar-refractivity contribution in [2.24, 2.45) is 0 Å². The van der Waals surface area contributed by atoms with Crippen molar-refractivity contribution in [3.05, 3.63) is 0 Å². The third-order valence-corrected chi connectivity index (χ3v) is 3.19. The van der Waals surface area contributed by atoms with Crippen molar-refractivity contribution in [3.63, 3.8) is 0 Å². The molecule has 0 fully saturated rings. The van der Waals surface area contributed by atoms with Gasteiger partial charge in [0.25, 0.3) is 0 Å². The number of rotatable bonds is 4. The van der Waals surface area contributed by atoms with Crippen LogP contribution in [0.2, 0.25) is 0 Å². The van der Waals surface area contributed by atoms with Gasteiger partial charge in [0.1, 0.15) is 0 Å². The molecule has 0 aromatic rings. The first-order chi connectivity index (χ1) is 8.85. The summed E-state index contributed by atoms with van der Waals surface area (Å²) in [6.45, 7) is 8.68. The first-order valence-corrected chi connectivity index (χ1v) is 6.83. The monoisotopic (exact) mass is 250 g/mol. The van der Waals surface area contributed by atoms with Crippen molar-refractivity contribution in [1.82, 2.24) is 0 Å². The van der Waals surface area contributed by atoms with Crippen molar-refractivity contribution >= 4 is 11.8 Å². The van der Waals surface area contributed by atoms with Gasteiger partial charge in [-0.1, -0.05) is 13.8 Å². The van der Waals surface area contributed by atoms with Crippen LogP contribution < -0.4 is 0 Å². The van der Waals surface area contributed by atoms with Gasteiger partial charge < -0.3 is 9.47 Å². The van der Waals surface area contributed by atoms with Crippen LogP contribution in [0.25, 0.3) is 0 Å². The first-order valence-electron chi connectivity index (χ1n) is 6.83. The zero-order valence-electron chi connectivity index (χ0n) is 11.4. The summed E-state index contributed by atoms with van der Waals surface area (Å²) in [5.41, 5.74) is 0. The zero-order valence-corrected chi connectivity index (χ0v) is 11.4. The SMILES string of the molecule is CCC1=[N+](C#CCC[N+]2=C(CC)OCC2)CCO1. The van der Waals surface area contributed by atoms with E-state index in [0.29, 0.717) is 0 Å². The topological polar surface area (TPSA) is 24.5 Å². The summed E-state index contributed by atoms with van der Waals surface area (Å²) in [7, 11) is 0. The van der Waals surface area contributed by atoms with E-state index in [1.54, 1.807) is 0 Å². The van der Waals surface area contributed by atoms with Gasteiger partial charge in [0.2, 0.25) is 6.04 Å². The van der Waals surface area contributed by atoms with E-state index in [9.17, 15) is 0 Å². The van der Waals surface area contributed by atoms with Crippen LogP contribution in [0, 0.1) is 12.0 Å². The van der Waals surface area contributed by atoms with Crippen LogP contribution in [0.4, 0.5) is 0 Å². The fourth-order valence-corrected chi connectivity index (χ4v) is 2.26. The smallest absolute Gasteiger partial charge is 0.351 e. The van der Waals surface area contributed by atoms with Crippen molar-refractivity contribution in [1.29, 1.82) is 0 Å². The minimum atomic E-state index is 0.769. The second-order valence-electron chi connectivity index (χ2n) is 4.37. The van der Waals surface area contributed by atoms with Crippen LogP contribution >= 0.6 is 0 Å². The van der Waals surface area contributed by atoms with E-state index in [1.807, 2.05) is 4.58 Å². The van der Waals surface area contributed by atoms with Gasteiger partial charge in [-0.2, -0.15) is 4.58 Å². The predicted molar refractivity (Wildman–Crippen MR) is 70.0 cm³/mol. The molecule has 0 radical (unpaired) electrons. The summed E-state index contributed by atoms with van der Waals surface area (Å²) >= 11 is 0. The Morgan fingerprint density at radius 2 is 1.78 bits per heavy atom. The minimum absolute atomic E-state index is 0.769. The van der Waals surface area contributed by atoms with E-state index in [2.05, 4.69) is 30.4 Å². The lowest BCUT2D eigenvalue weighted by molar-refractivity contribution is -0.518. The zero-order chi connectivity index (χ0) is 12.8. The molecule has 0 saturated carbocycles. The van der Waals surface area contributed by atoms with Crippen LogP contribution in [0.15, 0.2) is 0 Å². The number of hydrogen-bond acceptors (Lipinski definition) is 2. The van der Waals surface area contributed by atoms with E-state index in [-0.39, 0.29) is 0 Å². The molecule has 2 aliphatic rings. The van der Waals surface area contributed by atoms with Crippen molar-refractivity contribution in [2.75, 3.05) is 32.8 Å². The Morgan fingerprint density at radius 3 is 2.56 bits per heavy atom. The Morgan fingerprint density at radius 1 is 1.06 bits per heavy atom. The number of ether oxygens (including phenoxy) is 2. The molecule has 0 unspecified atom stereocenters. The average Bonchev–Trinajstić information content (AvgIpc) is 3.02. The molecule has 2 aliphatic heterocycles. The molecule has 0 amide bonds. The van der Waals surface area contributed by atoms with Crippen molar-refractivity contribution < 1.29 is 18.6 Å². The van der Waals surface area contributed by atoms with Crippen molar-refractivity contribution in [2.45, 2.75) is 33.1 Å². The normalized spacial score (nSPS) is 18.6. The molecule has 18 heavy (non-hydrogen) atoms.